The van der Waals surface area contributed by atoms with Crippen LogP contribution in [0, 0.1) is 6.92 Å². The third-order valence-electron chi connectivity index (χ3n) is 5.61. The summed E-state index contributed by atoms with van der Waals surface area (Å²) in [5.74, 6) is 0. The standard InChI is InChI=1S/C26H23NO/c1-3-4-9-18-10-7-15-24-25(18)21-13-8-12-20(26(21)28-24)23-16-17(2)19-11-5-6-14-22(19)27-23/h5-8,10-16H,3-4,9H2,1-2H3. The topological polar surface area (TPSA) is 26.0 Å². The van der Waals surface area contributed by atoms with Crippen molar-refractivity contribution >= 4 is 32.8 Å². The van der Waals surface area contributed by atoms with Crippen LogP contribution in [0.4, 0.5) is 0 Å². The number of hydrogen-bond acceptors (Lipinski definition) is 2. The summed E-state index contributed by atoms with van der Waals surface area (Å²) in [6.45, 7) is 4.38. The number of unbranched alkanes of at least 4 members (excludes halogenated alkanes) is 1. The molecule has 0 unspecified atom stereocenters. The van der Waals surface area contributed by atoms with E-state index in [1.54, 1.807) is 0 Å². The molecule has 0 bridgehead atoms. The van der Waals surface area contributed by atoms with Crippen LogP contribution < -0.4 is 0 Å². The summed E-state index contributed by atoms with van der Waals surface area (Å²) >= 11 is 0. The normalized spacial score (nSPS) is 11.6. The maximum absolute atomic E-state index is 6.37. The zero-order valence-electron chi connectivity index (χ0n) is 16.3. The van der Waals surface area contributed by atoms with E-state index in [-0.39, 0.29) is 0 Å². The minimum atomic E-state index is 0.934. The van der Waals surface area contributed by atoms with E-state index >= 15 is 0 Å². The van der Waals surface area contributed by atoms with Gasteiger partial charge in [0.05, 0.1) is 11.2 Å². The molecule has 0 atom stereocenters. The van der Waals surface area contributed by atoms with Gasteiger partial charge in [0.15, 0.2) is 0 Å². The van der Waals surface area contributed by atoms with Crippen LogP contribution >= 0.6 is 0 Å². The fourth-order valence-corrected chi connectivity index (χ4v) is 4.19. The number of furan rings is 1. The number of para-hydroxylation sites is 2. The predicted octanol–water partition coefficient (Wildman–Crippen LogP) is 7.45. The summed E-state index contributed by atoms with van der Waals surface area (Å²) < 4.78 is 6.37. The van der Waals surface area contributed by atoms with Crippen LogP contribution in [0.25, 0.3) is 44.1 Å². The van der Waals surface area contributed by atoms with Crippen LogP contribution in [0.1, 0.15) is 30.9 Å². The summed E-state index contributed by atoms with van der Waals surface area (Å²) in [4.78, 5) is 4.94. The first-order chi connectivity index (χ1) is 13.8. The van der Waals surface area contributed by atoms with Crippen LogP contribution in [-0.2, 0) is 6.42 Å². The second-order valence-electron chi connectivity index (χ2n) is 7.52. The highest BCUT2D eigenvalue weighted by Gasteiger charge is 2.16. The van der Waals surface area contributed by atoms with Crippen molar-refractivity contribution in [2.75, 3.05) is 0 Å². The molecule has 5 aromatic rings. The van der Waals surface area contributed by atoms with Gasteiger partial charge in [0, 0.05) is 21.7 Å². The molecule has 2 nitrogen and oxygen atoms in total. The zero-order valence-corrected chi connectivity index (χ0v) is 16.3. The van der Waals surface area contributed by atoms with Crippen LogP contribution in [0.3, 0.4) is 0 Å². The Hall–Kier alpha value is -3.13. The number of hydrogen-bond donors (Lipinski definition) is 0. The smallest absolute Gasteiger partial charge is 0.144 e. The van der Waals surface area contributed by atoms with Crippen molar-refractivity contribution in [3.63, 3.8) is 0 Å². The van der Waals surface area contributed by atoms with E-state index in [1.807, 2.05) is 6.07 Å². The minimum Gasteiger partial charge on any atom is -0.455 e. The molecule has 0 radical (unpaired) electrons. The van der Waals surface area contributed by atoms with Crippen LogP contribution in [0.2, 0.25) is 0 Å². The van der Waals surface area contributed by atoms with Gasteiger partial charge < -0.3 is 4.42 Å². The van der Waals surface area contributed by atoms with Crippen LogP contribution in [0.5, 0.6) is 0 Å². The Morgan fingerprint density at radius 2 is 1.71 bits per heavy atom. The van der Waals surface area contributed by atoms with E-state index in [0.29, 0.717) is 0 Å². The second-order valence-corrected chi connectivity index (χ2v) is 7.52. The van der Waals surface area contributed by atoms with Gasteiger partial charge in [-0.1, -0.05) is 55.8 Å². The Morgan fingerprint density at radius 3 is 2.61 bits per heavy atom. The van der Waals surface area contributed by atoms with E-state index in [2.05, 4.69) is 74.5 Å². The second kappa shape index (κ2) is 6.79. The Morgan fingerprint density at radius 1 is 0.893 bits per heavy atom. The predicted molar refractivity (Wildman–Crippen MR) is 118 cm³/mol. The lowest BCUT2D eigenvalue weighted by Crippen LogP contribution is -1.89. The van der Waals surface area contributed by atoms with Gasteiger partial charge in [-0.15, -0.1) is 0 Å². The Bertz CT molecular complexity index is 1310. The van der Waals surface area contributed by atoms with Crippen molar-refractivity contribution in [1.82, 2.24) is 4.98 Å². The van der Waals surface area contributed by atoms with E-state index in [0.717, 1.165) is 34.4 Å². The van der Waals surface area contributed by atoms with Gasteiger partial charge in [-0.25, -0.2) is 4.98 Å². The summed E-state index contributed by atoms with van der Waals surface area (Å²) in [6, 6.07) is 23.3. The average Bonchev–Trinajstić information content (AvgIpc) is 3.11. The van der Waals surface area contributed by atoms with Crippen molar-refractivity contribution in [2.24, 2.45) is 0 Å². The van der Waals surface area contributed by atoms with E-state index in [4.69, 9.17) is 9.40 Å². The lowest BCUT2D eigenvalue weighted by molar-refractivity contribution is 0.669. The Kier molecular flexibility index (Phi) is 4.12. The van der Waals surface area contributed by atoms with Gasteiger partial charge in [0.2, 0.25) is 0 Å². The molecule has 0 amide bonds. The average molecular weight is 365 g/mol. The van der Waals surface area contributed by atoms with Gasteiger partial charge in [0.1, 0.15) is 11.2 Å². The molecule has 28 heavy (non-hydrogen) atoms. The maximum Gasteiger partial charge on any atom is 0.144 e. The van der Waals surface area contributed by atoms with E-state index in [1.165, 1.54) is 40.1 Å². The van der Waals surface area contributed by atoms with Crippen molar-refractivity contribution < 1.29 is 4.42 Å². The molecule has 0 N–H and O–H groups in total. The first-order valence-corrected chi connectivity index (χ1v) is 10.1. The van der Waals surface area contributed by atoms with E-state index in [9.17, 15) is 0 Å². The van der Waals surface area contributed by atoms with E-state index < -0.39 is 0 Å². The van der Waals surface area contributed by atoms with Crippen molar-refractivity contribution in [1.29, 1.82) is 0 Å². The largest absolute Gasteiger partial charge is 0.455 e. The quantitative estimate of drug-likeness (QED) is 0.330. The molecule has 0 saturated carbocycles. The number of fused-ring (bicyclic) bond motifs is 4. The van der Waals surface area contributed by atoms with Crippen LogP contribution in [-0.4, -0.2) is 4.98 Å². The van der Waals surface area contributed by atoms with Crippen molar-refractivity contribution in [2.45, 2.75) is 33.1 Å². The number of rotatable bonds is 4. The SMILES string of the molecule is CCCCc1cccc2oc3c(-c4cc(C)c5ccccc5n4)cccc3c12. The fraction of sp³-hybridized carbons (Fsp3) is 0.192. The van der Waals surface area contributed by atoms with Gasteiger partial charge in [-0.05, 0) is 55.2 Å². The molecule has 2 heteroatoms. The van der Waals surface area contributed by atoms with Crippen LogP contribution in [0.15, 0.2) is 71.1 Å². The Balaban J connectivity index is 1.77. The lowest BCUT2D eigenvalue weighted by Gasteiger charge is -2.07. The molecule has 138 valence electrons. The van der Waals surface area contributed by atoms with Gasteiger partial charge >= 0.3 is 0 Å². The minimum absolute atomic E-state index is 0.934. The molecule has 0 spiro atoms. The molecule has 0 fully saturated rings. The maximum atomic E-state index is 6.37. The highest BCUT2D eigenvalue weighted by atomic mass is 16.3. The Labute approximate surface area is 164 Å². The number of aromatic nitrogens is 1. The highest BCUT2D eigenvalue weighted by Crippen LogP contribution is 2.37. The summed E-state index contributed by atoms with van der Waals surface area (Å²) in [7, 11) is 0. The number of benzene rings is 3. The number of nitrogens with zero attached hydrogens (tertiary/aromatic N) is 1. The molecule has 2 aromatic heterocycles. The van der Waals surface area contributed by atoms with Crippen molar-refractivity contribution in [3.8, 4) is 11.3 Å². The molecule has 2 heterocycles. The lowest BCUT2D eigenvalue weighted by atomic mass is 9.99. The molecule has 0 aliphatic heterocycles. The zero-order chi connectivity index (χ0) is 19.1. The summed E-state index contributed by atoms with van der Waals surface area (Å²) in [5, 5.41) is 3.64. The molecular weight excluding hydrogens is 342 g/mol. The molecule has 5 rings (SSSR count). The third kappa shape index (κ3) is 2.68. The number of pyridine rings is 1. The van der Waals surface area contributed by atoms with Crippen molar-refractivity contribution in [3.05, 3.63) is 77.9 Å². The molecular formula is C26H23NO. The summed E-state index contributed by atoms with van der Waals surface area (Å²) in [5.41, 5.74) is 7.56. The summed E-state index contributed by atoms with van der Waals surface area (Å²) in [6.07, 6.45) is 3.47. The fourth-order valence-electron chi connectivity index (χ4n) is 4.19. The van der Waals surface area contributed by atoms with Gasteiger partial charge in [0.25, 0.3) is 0 Å². The molecule has 3 aromatic carbocycles. The molecule has 0 saturated heterocycles. The van der Waals surface area contributed by atoms with Gasteiger partial charge in [-0.3, -0.25) is 0 Å². The van der Waals surface area contributed by atoms with Gasteiger partial charge in [-0.2, -0.15) is 0 Å². The highest BCUT2D eigenvalue weighted by molar-refractivity contribution is 6.11. The number of aryl methyl sites for hydroxylation is 2. The first-order valence-electron chi connectivity index (χ1n) is 10.1. The molecule has 0 aliphatic carbocycles. The monoisotopic (exact) mass is 365 g/mol. The molecule has 0 aliphatic rings. The third-order valence-corrected chi connectivity index (χ3v) is 5.61. The first kappa shape index (κ1) is 17.0.